The molecule has 0 saturated heterocycles. The van der Waals surface area contributed by atoms with Crippen LogP contribution in [0.2, 0.25) is 0 Å². The molecule has 2 rings (SSSR count). The van der Waals surface area contributed by atoms with Gasteiger partial charge in [-0.2, -0.15) is 0 Å². The second-order valence-corrected chi connectivity index (χ2v) is 3.89. The Morgan fingerprint density at radius 3 is 3.07 bits per heavy atom. The van der Waals surface area contributed by atoms with Gasteiger partial charge in [-0.1, -0.05) is 0 Å². The third kappa shape index (κ3) is 1.70. The van der Waals surface area contributed by atoms with E-state index in [2.05, 4.69) is 12.6 Å². The summed E-state index contributed by atoms with van der Waals surface area (Å²) in [5.41, 5.74) is 2.23. The van der Waals surface area contributed by atoms with Crippen molar-refractivity contribution in [3.63, 3.8) is 0 Å². The molecule has 3 nitrogen and oxygen atoms in total. The van der Waals surface area contributed by atoms with Crippen LogP contribution in [0, 0.1) is 0 Å². The van der Waals surface area contributed by atoms with E-state index in [4.69, 9.17) is 5.11 Å². The summed E-state index contributed by atoms with van der Waals surface area (Å²) in [7, 11) is 0. The summed E-state index contributed by atoms with van der Waals surface area (Å²) < 4.78 is 0. The van der Waals surface area contributed by atoms with Crippen molar-refractivity contribution in [3.8, 4) is 0 Å². The van der Waals surface area contributed by atoms with Gasteiger partial charge in [0.25, 0.3) is 0 Å². The minimum atomic E-state index is -0.784. The lowest BCUT2D eigenvalue weighted by molar-refractivity contribution is -0.135. The summed E-state index contributed by atoms with van der Waals surface area (Å²) in [6.45, 7) is 0.873. The van der Waals surface area contributed by atoms with Crippen LogP contribution in [0.25, 0.3) is 0 Å². The molecule has 0 bridgehead atoms. The first-order valence-electron chi connectivity index (χ1n) is 4.45. The SMILES string of the molecule is O=C(O)CN1CCc2cc(S)ccc21. The Morgan fingerprint density at radius 2 is 2.36 bits per heavy atom. The van der Waals surface area contributed by atoms with E-state index in [0.29, 0.717) is 0 Å². The first-order valence-corrected chi connectivity index (χ1v) is 4.90. The number of hydrogen-bond acceptors (Lipinski definition) is 3. The van der Waals surface area contributed by atoms with Crippen LogP contribution in [0.4, 0.5) is 5.69 Å². The van der Waals surface area contributed by atoms with Crippen LogP contribution in [-0.4, -0.2) is 24.2 Å². The van der Waals surface area contributed by atoms with E-state index in [-0.39, 0.29) is 6.54 Å². The van der Waals surface area contributed by atoms with Crippen LogP contribution in [0.1, 0.15) is 5.56 Å². The normalized spacial score (nSPS) is 14.2. The molecule has 0 spiro atoms. The highest BCUT2D eigenvalue weighted by atomic mass is 32.1. The van der Waals surface area contributed by atoms with Gasteiger partial charge in [-0.3, -0.25) is 4.79 Å². The van der Waals surface area contributed by atoms with Crippen molar-refractivity contribution in [1.29, 1.82) is 0 Å². The number of fused-ring (bicyclic) bond motifs is 1. The van der Waals surface area contributed by atoms with Gasteiger partial charge in [-0.25, -0.2) is 0 Å². The molecule has 0 saturated carbocycles. The molecule has 0 amide bonds. The molecule has 74 valence electrons. The molecule has 1 N–H and O–H groups in total. The molecule has 1 aliphatic rings. The maximum Gasteiger partial charge on any atom is 0.323 e. The van der Waals surface area contributed by atoms with Crippen molar-refractivity contribution in [1.82, 2.24) is 0 Å². The van der Waals surface area contributed by atoms with Crippen molar-refractivity contribution < 1.29 is 9.90 Å². The fraction of sp³-hybridized carbons (Fsp3) is 0.300. The summed E-state index contributed by atoms with van der Waals surface area (Å²) in [4.78, 5) is 13.4. The summed E-state index contributed by atoms with van der Waals surface area (Å²) in [6, 6.07) is 5.83. The predicted octanol–water partition coefficient (Wildman–Crippen LogP) is 1.42. The molecule has 1 heterocycles. The van der Waals surface area contributed by atoms with Crippen LogP contribution < -0.4 is 4.90 Å². The lowest BCUT2D eigenvalue weighted by atomic mass is 10.2. The quantitative estimate of drug-likeness (QED) is 0.724. The number of hydrogen-bond donors (Lipinski definition) is 2. The molecule has 0 aromatic heterocycles. The minimum absolute atomic E-state index is 0.0823. The summed E-state index contributed by atoms with van der Waals surface area (Å²) in [5.74, 6) is -0.784. The third-order valence-corrected chi connectivity index (χ3v) is 2.66. The number of anilines is 1. The molecule has 0 radical (unpaired) electrons. The molecule has 0 atom stereocenters. The maximum atomic E-state index is 10.6. The van der Waals surface area contributed by atoms with Crippen molar-refractivity contribution >= 4 is 24.3 Å². The van der Waals surface area contributed by atoms with Crippen molar-refractivity contribution in [2.24, 2.45) is 0 Å². The highest BCUT2D eigenvalue weighted by Crippen LogP contribution is 2.29. The Balaban J connectivity index is 2.26. The molecule has 1 aromatic carbocycles. The number of benzene rings is 1. The molecule has 14 heavy (non-hydrogen) atoms. The van der Waals surface area contributed by atoms with E-state index in [1.807, 2.05) is 23.1 Å². The molecule has 1 aromatic rings. The van der Waals surface area contributed by atoms with Crippen LogP contribution in [0.15, 0.2) is 23.1 Å². The lowest BCUT2D eigenvalue weighted by Crippen LogP contribution is -2.27. The summed E-state index contributed by atoms with van der Waals surface area (Å²) >= 11 is 4.25. The number of nitrogens with zero attached hydrogens (tertiary/aromatic N) is 1. The van der Waals surface area contributed by atoms with E-state index in [1.165, 1.54) is 5.56 Å². The second-order valence-electron chi connectivity index (χ2n) is 3.38. The lowest BCUT2D eigenvalue weighted by Gasteiger charge is -2.16. The van der Waals surface area contributed by atoms with Gasteiger partial charge in [0.2, 0.25) is 0 Å². The second kappa shape index (κ2) is 3.53. The van der Waals surface area contributed by atoms with Gasteiger partial charge < -0.3 is 10.0 Å². The van der Waals surface area contributed by atoms with Gasteiger partial charge in [0.05, 0.1) is 0 Å². The maximum absolute atomic E-state index is 10.6. The Hall–Kier alpha value is -1.16. The van der Waals surface area contributed by atoms with Crippen molar-refractivity contribution in [3.05, 3.63) is 23.8 Å². The number of rotatable bonds is 2. The summed E-state index contributed by atoms with van der Waals surface area (Å²) in [6.07, 6.45) is 0.914. The largest absolute Gasteiger partial charge is 0.480 e. The number of carboxylic acid groups (broad SMARTS) is 1. The van der Waals surface area contributed by atoms with Gasteiger partial charge in [0.15, 0.2) is 0 Å². The topological polar surface area (TPSA) is 40.5 Å². The fourth-order valence-corrected chi connectivity index (χ4v) is 2.01. The van der Waals surface area contributed by atoms with E-state index in [1.54, 1.807) is 0 Å². The van der Waals surface area contributed by atoms with E-state index < -0.39 is 5.97 Å². The Kier molecular flexibility index (Phi) is 2.37. The van der Waals surface area contributed by atoms with Gasteiger partial charge in [-0.05, 0) is 30.2 Å². The summed E-state index contributed by atoms with van der Waals surface area (Å²) in [5, 5.41) is 8.70. The number of aliphatic carboxylic acids is 1. The standard InChI is InChI=1S/C10H11NO2S/c12-10(13)6-11-4-3-7-5-8(14)1-2-9(7)11/h1-2,5,14H,3-4,6H2,(H,12,13). The average molecular weight is 209 g/mol. The molecular formula is C10H11NO2S. The Labute approximate surface area is 87.8 Å². The van der Waals surface area contributed by atoms with Gasteiger partial charge in [0, 0.05) is 17.1 Å². The smallest absolute Gasteiger partial charge is 0.323 e. The van der Waals surface area contributed by atoms with E-state index in [0.717, 1.165) is 23.5 Å². The van der Waals surface area contributed by atoms with Crippen LogP contribution in [0.5, 0.6) is 0 Å². The average Bonchev–Trinajstić information content (AvgIpc) is 2.47. The van der Waals surface area contributed by atoms with Gasteiger partial charge >= 0.3 is 5.97 Å². The highest BCUT2D eigenvalue weighted by molar-refractivity contribution is 7.80. The monoisotopic (exact) mass is 209 g/mol. The minimum Gasteiger partial charge on any atom is -0.480 e. The molecule has 4 heteroatoms. The zero-order chi connectivity index (χ0) is 10.1. The van der Waals surface area contributed by atoms with Crippen molar-refractivity contribution in [2.45, 2.75) is 11.3 Å². The number of carbonyl (C=O) groups is 1. The molecule has 0 fully saturated rings. The highest BCUT2D eigenvalue weighted by Gasteiger charge is 2.20. The zero-order valence-electron chi connectivity index (χ0n) is 7.60. The zero-order valence-corrected chi connectivity index (χ0v) is 8.50. The first-order chi connectivity index (χ1) is 6.66. The number of thiol groups is 1. The molecule has 0 aliphatic carbocycles. The molecular weight excluding hydrogens is 198 g/mol. The fourth-order valence-electron chi connectivity index (χ4n) is 1.78. The first kappa shape index (κ1) is 9.40. The predicted molar refractivity (Wildman–Crippen MR) is 57.2 cm³/mol. The molecule has 0 unspecified atom stereocenters. The van der Waals surface area contributed by atoms with Crippen molar-refractivity contribution in [2.75, 3.05) is 18.0 Å². The Morgan fingerprint density at radius 1 is 1.57 bits per heavy atom. The van der Waals surface area contributed by atoms with Crippen LogP contribution in [-0.2, 0) is 11.2 Å². The third-order valence-electron chi connectivity index (χ3n) is 2.38. The molecule has 1 aliphatic heterocycles. The van der Waals surface area contributed by atoms with Gasteiger partial charge in [0.1, 0.15) is 6.54 Å². The van der Waals surface area contributed by atoms with Crippen LogP contribution >= 0.6 is 12.6 Å². The van der Waals surface area contributed by atoms with Crippen LogP contribution in [0.3, 0.4) is 0 Å². The Bertz CT molecular complexity index is 378. The van der Waals surface area contributed by atoms with E-state index >= 15 is 0 Å². The van der Waals surface area contributed by atoms with Gasteiger partial charge in [-0.15, -0.1) is 12.6 Å². The number of carboxylic acids is 1. The van der Waals surface area contributed by atoms with E-state index in [9.17, 15) is 4.79 Å².